The number of hydrogen-bond donors (Lipinski definition) is 1. The van der Waals surface area contributed by atoms with E-state index < -0.39 is 10.8 Å². The van der Waals surface area contributed by atoms with Crippen molar-refractivity contribution in [2.45, 2.75) is 31.9 Å². The number of para-hydroxylation sites is 1. The van der Waals surface area contributed by atoms with Crippen molar-refractivity contribution < 1.29 is 8.63 Å². The van der Waals surface area contributed by atoms with Crippen LogP contribution in [0.4, 0.5) is 5.69 Å². The minimum Gasteiger partial charge on any atom is -0.440 e. The molecule has 0 aliphatic rings. The van der Waals surface area contributed by atoms with Crippen molar-refractivity contribution in [3.63, 3.8) is 0 Å². The van der Waals surface area contributed by atoms with E-state index in [1.165, 1.54) is 0 Å². The molecule has 1 atom stereocenters. The number of fused-ring (bicyclic) bond motifs is 1. The fraction of sp³-hybridized carbons (Fsp3) is 0.462. The molecule has 0 radical (unpaired) electrons. The van der Waals surface area contributed by atoms with Crippen LogP contribution in [0.5, 0.6) is 0 Å². The molecule has 0 bridgehead atoms. The van der Waals surface area contributed by atoms with Crippen molar-refractivity contribution in [2.24, 2.45) is 0 Å². The summed E-state index contributed by atoms with van der Waals surface area (Å²) in [4.78, 5) is 4.30. The number of unbranched alkanes of at least 4 members (excludes halogenated alkanes) is 2. The average molecular weight is 266 g/mol. The van der Waals surface area contributed by atoms with E-state index in [4.69, 9.17) is 10.2 Å². The molecule has 0 amide bonds. The predicted octanol–water partition coefficient (Wildman–Crippen LogP) is 2.85. The minimum absolute atomic E-state index is 0.373. The molecule has 1 unspecified atom stereocenters. The first-order valence-electron chi connectivity index (χ1n) is 6.19. The molecule has 0 spiro atoms. The van der Waals surface area contributed by atoms with E-state index in [1.54, 1.807) is 6.07 Å². The highest BCUT2D eigenvalue weighted by molar-refractivity contribution is 7.84. The Morgan fingerprint density at radius 3 is 2.94 bits per heavy atom. The summed E-state index contributed by atoms with van der Waals surface area (Å²) in [5.41, 5.74) is 7.72. The van der Waals surface area contributed by atoms with Crippen LogP contribution in [0.15, 0.2) is 22.6 Å². The number of hydrogen-bond acceptors (Lipinski definition) is 4. The Morgan fingerprint density at radius 1 is 1.39 bits per heavy atom. The van der Waals surface area contributed by atoms with Crippen molar-refractivity contribution in [3.05, 3.63) is 24.1 Å². The molecule has 98 valence electrons. The number of nitrogens with zero attached hydrogens (tertiary/aromatic N) is 1. The SMILES string of the molecule is CCCCCS(=O)Cc1nc2c(N)cccc2o1. The number of aromatic nitrogens is 1. The lowest BCUT2D eigenvalue weighted by Gasteiger charge is -1.97. The van der Waals surface area contributed by atoms with Crippen LogP contribution in [-0.4, -0.2) is 14.9 Å². The van der Waals surface area contributed by atoms with Gasteiger partial charge < -0.3 is 10.2 Å². The number of oxazole rings is 1. The average Bonchev–Trinajstić information content (AvgIpc) is 2.73. The highest BCUT2D eigenvalue weighted by atomic mass is 32.2. The Bertz CT molecular complexity index is 551. The van der Waals surface area contributed by atoms with Gasteiger partial charge in [0.25, 0.3) is 0 Å². The van der Waals surface area contributed by atoms with Gasteiger partial charge in [0.2, 0.25) is 5.89 Å². The molecule has 1 heterocycles. The number of nitrogens with two attached hydrogens (primary N) is 1. The largest absolute Gasteiger partial charge is 0.440 e. The van der Waals surface area contributed by atoms with Gasteiger partial charge in [-0.15, -0.1) is 0 Å². The van der Waals surface area contributed by atoms with E-state index in [0.29, 0.717) is 34.2 Å². The quantitative estimate of drug-likeness (QED) is 0.644. The van der Waals surface area contributed by atoms with Crippen molar-refractivity contribution in [1.82, 2.24) is 4.98 Å². The second-order valence-electron chi connectivity index (χ2n) is 4.30. The van der Waals surface area contributed by atoms with Crippen molar-refractivity contribution >= 4 is 27.6 Å². The maximum atomic E-state index is 11.8. The minimum atomic E-state index is -0.903. The first kappa shape index (κ1) is 13.1. The topological polar surface area (TPSA) is 69.1 Å². The molecule has 1 aromatic heterocycles. The van der Waals surface area contributed by atoms with Gasteiger partial charge in [-0.1, -0.05) is 25.8 Å². The van der Waals surface area contributed by atoms with E-state index >= 15 is 0 Å². The van der Waals surface area contributed by atoms with Gasteiger partial charge in [-0.05, 0) is 18.6 Å². The van der Waals surface area contributed by atoms with Gasteiger partial charge in [0.1, 0.15) is 11.3 Å². The van der Waals surface area contributed by atoms with Gasteiger partial charge in [-0.2, -0.15) is 0 Å². The fourth-order valence-corrected chi connectivity index (χ4v) is 2.87. The van der Waals surface area contributed by atoms with Crippen LogP contribution >= 0.6 is 0 Å². The molecule has 2 N–H and O–H groups in total. The van der Waals surface area contributed by atoms with Gasteiger partial charge in [-0.3, -0.25) is 4.21 Å². The third-order valence-electron chi connectivity index (χ3n) is 2.75. The summed E-state index contributed by atoms with van der Waals surface area (Å²) in [6.07, 6.45) is 3.24. The summed E-state index contributed by atoms with van der Waals surface area (Å²) in [6, 6.07) is 5.43. The van der Waals surface area contributed by atoms with E-state index in [2.05, 4.69) is 11.9 Å². The molecular weight excluding hydrogens is 248 g/mol. The highest BCUT2D eigenvalue weighted by Crippen LogP contribution is 2.21. The lowest BCUT2D eigenvalue weighted by molar-refractivity contribution is 0.552. The van der Waals surface area contributed by atoms with Crippen LogP contribution in [-0.2, 0) is 16.6 Å². The van der Waals surface area contributed by atoms with Crippen LogP contribution in [0.2, 0.25) is 0 Å². The maximum Gasteiger partial charge on any atom is 0.208 e. The molecule has 2 rings (SSSR count). The lowest BCUT2D eigenvalue weighted by Crippen LogP contribution is -2.01. The van der Waals surface area contributed by atoms with Gasteiger partial charge in [0.05, 0.1) is 5.69 Å². The van der Waals surface area contributed by atoms with Crippen LogP contribution in [0.1, 0.15) is 32.1 Å². The van der Waals surface area contributed by atoms with Crippen LogP contribution in [0.3, 0.4) is 0 Å². The smallest absolute Gasteiger partial charge is 0.208 e. The molecule has 18 heavy (non-hydrogen) atoms. The predicted molar refractivity (Wildman–Crippen MR) is 74.7 cm³/mol. The second-order valence-corrected chi connectivity index (χ2v) is 5.87. The first-order valence-corrected chi connectivity index (χ1v) is 7.68. The van der Waals surface area contributed by atoms with Crippen molar-refractivity contribution in [2.75, 3.05) is 11.5 Å². The molecule has 0 aliphatic carbocycles. The van der Waals surface area contributed by atoms with Crippen LogP contribution < -0.4 is 5.73 Å². The zero-order chi connectivity index (χ0) is 13.0. The second kappa shape index (κ2) is 6.00. The third-order valence-corrected chi connectivity index (χ3v) is 4.07. The molecular formula is C13H18N2O2S. The number of benzene rings is 1. The molecule has 0 saturated heterocycles. The van der Waals surface area contributed by atoms with Crippen molar-refractivity contribution in [1.29, 1.82) is 0 Å². The maximum absolute atomic E-state index is 11.8. The fourth-order valence-electron chi connectivity index (χ4n) is 1.80. The van der Waals surface area contributed by atoms with Gasteiger partial charge in [0.15, 0.2) is 5.58 Å². The molecule has 0 aliphatic heterocycles. The van der Waals surface area contributed by atoms with E-state index in [9.17, 15) is 4.21 Å². The molecule has 1 aromatic carbocycles. The summed E-state index contributed by atoms with van der Waals surface area (Å²) >= 11 is 0. The zero-order valence-electron chi connectivity index (χ0n) is 10.5. The molecule has 5 heteroatoms. The van der Waals surface area contributed by atoms with Crippen LogP contribution in [0, 0.1) is 0 Å². The summed E-state index contributed by atoms with van der Waals surface area (Å²) < 4.78 is 17.4. The summed E-state index contributed by atoms with van der Waals surface area (Å²) in [6.45, 7) is 2.13. The Kier molecular flexibility index (Phi) is 4.36. The van der Waals surface area contributed by atoms with E-state index in [-0.39, 0.29) is 0 Å². The molecule has 0 fully saturated rings. The van der Waals surface area contributed by atoms with Gasteiger partial charge in [0, 0.05) is 16.6 Å². The Morgan fingerprint density at radius 2 is 2.22 bits per heavy atom. The first-order chi connectivity index (χ1) is 8.70. The third kappa shape index (κ3) is 3.10. The van der Waals surface area contributed by atoms with Gasteiger partial charge >= 0.3 is 0 Å². The summed E-state index contributed by atoms with van der Waals surface area (Å²) in [5.74, 6) is 1.60. The standard InChI is InChI=1S/C13H18N2O2S/c1-2-3-4-8-18(16)9-12-15-13-10(14)6-5-7-11(13)17-12/h5-7H,2-4,8-9,14H2,1H3. The Labute approximate surface area is 109 Å². The number of anilines is 1. The summed E-state index contributed by atoms with van der Waals surface area (Å²) in [7, 11) is -0.903. The zero-order valence-corrected chi connectivity index (χ0v) is 11.3. The van der Waals surface area contributed by atoms with Gasteiger partial charge in [-0.25, -0.2) is 4.98 Å². The normalized spacial score (nSPS) is 12.9. The Hall–Kier alpha value is -1.36. The number of nitrogen functional groups attached to an aromatic ring is 1. The van der Waals surface area contributed by atoms with E-state index in [1.807, 2.05) is 12.1 Å². The molecule has 4 nitrogen and oxygen atoms in total. The van der Waals surface area contributed by atoms with E-state index in [0.717, 1.165) is 19.3 Å². The van der Waals surface area contributed by atoms with Crippen molar-refractivity contribution in [3.8, 4) is 0 Å². The molecule has 2 aromatic rings. The summed E-state index contributed by atoms with van der Waals surface area (Å²) in [5, 5.41) is 0. The van der Waals surface area contributed by atoms with Crippen LogP contribution in [0.25, 0.3) is 11.1 Å². The lowest BCUT2D eigenvalue weighted by atomic mass is 10.3. The monoisotopic (exact) mass is 266 g/mol. The number of rotatable bonds is 6. The molecule has 0 saturated carbocycles. The Balaban J connectivity index is 2.03. The highest BCUT2D eigenvalue weighted by Gasteiger charge is 2.10.